The minimum atomic E-state index is -0.427. The van der Waals surface area contributed by atoms with Gasteiger partial charge in [-0.2, -0.15) is 10.2 Å². The summed E-state index contributed by atoms with van der Waals surface area (Å²) in [7, 11) is 0. The molecule has 1 aromatic heterocycles. The van der Waals surface area contributed by atoms with E-state index in [1.165, 1.54) is 0 Å². The number of para-hydroxylation sites is 1. The van der Waals surface area contributed by atoms with Gasteiger partial charge in [-0.25, -0.2) is 0 Å². The Kier molecular flexibility index (Phi) is 4.35. The fourth-order valence-electron chi connectivity index (χ4n) is 2.49. The molecule has 0 aliphatic carbocycles. The van der Waals surface area contributed by atoms with Crippen LogP contribution >= 0.6 is 11.6 Å². The normalized spacial score (nSPS) is 14.6. The van der Waals surface area contributed by atoms with Crippen LogP contribution in [0.5, 0.6) is 0 Å². The maximum Gasteiger partial charge on any atom is 0.220 e. The minimum absolute atomic E-state index is 0.0660. The predicted octanol–water partition coefficient (Wildman–Crippen LogP) is 4.06. The number of carbonyl (C=O) groups excluding carboxylic acids is 1. The molecule has 1 amide bonds. The highest BCUT2D eigenvalue weighted by molar-refractivity contribution is 6.30. The number of benzene rings is 1. The number of nitrogens with one attached hydrogen (secondary N) is 1. The molecule has 3 rings (SSSR count). The van der Waals surface area contributed by atoms with Gasteiger partial charge in [-0.05, 0) is 17.7 Å². The maximum atomic E-state index is 12.0. The van der Waals surface area contributed by atoms with E-state index in [-0.39, 0.29) is 5.91 Å². The molecule has 0 unspecified atom stereocenters. The number of amides is 1. The topological polar surface area (TPSA) is 67.0 Å². The summed E-state index contributed by atoms with van der Waals surface area (Å²) >= 11 is 6.10. The SMILES string of the molecule is C#CCCC1(CCC(=O)NCc2c(Cl)oc3ccccc23)N=N1. The van der Waals surface area contributed by atoms with Crippen LogP contribution in [-0.2, 0) is 11.3 Å². The molecule has 5 nitrogen and oxygen atoms in total. The fourth-order valence-corrected chi connectivity index (χ4v) is 2.74. The van der Waals surface area contributed by atoms with Gasteiger partial charge < -0.3 is 9.73 Å². The van der Waals surface area contributed by atoms with E-state index < -0.39 is 5.66 Å². The van der Waals surface area contributed by atoms with E-state index in [9.17, 15) is 4.79 Å². The minimum Gasteiger partial charge on any atom is -0.444 e. The van der Waals surface area contributed by atoms with Gasteiger partial charge in [0.2, 0.25) is 5.91 Å². The molecule has 1 aliphatic heterocycles. The van der Waals surface area contributed by atoms with Crippen LogP contribution in [-0.4, -0.2) is 11.6 Å². The molecule has 1 aliphatic rings. The third-order valence-electron chi connectivity index (χ3n) is 3.92. The van der Waals surface area contributed by atoms with E-state index in [0.717, 1.165) is 10.9 Å². The average molecular weight is 330 g/mol. The van der Waals surface area contributed by atoms with E-state index in [1.807, 2.05) is 24.3 Å². The van der Waals surface area contributed by atoms with Crippen LogP contribution in [0.2, 0.25) is 5.22 Å². The third kappa shape index (κ3) is 3.54. The van der Waals surface area contributed by atoms with Crippen molar-refractivity contribution in [2.75, 3.05) is 0 Å². The molecule has 1 aromatic carbocycles. The number of hydrogen-bond acceptors (Lipinski definition) is 4. The van der Waals surface area contributed by atoms with Crippen molar-refractivity contribution in [2.45, 2.75) is 37.9 Å². The van der Waals surface area contributed by atoms with Gasteiger partial charge in [-0.1, -0.05) is 18.2 Å². The molecule has 118 valence electrons. The number of nitrogens with zero attached hydrogens (tertiary/aromatic N) is 2. The molecule has 6 heteroatoms. The number of hydrogen-bond donors (Lipinski definition) is 1. The van der Waals surface area contributed by atoms with Gasteiger partial charge >= 0.3 is 0 Å². The summed E-state index contributed by atoms with van der Waals surface area (Å²) in [5, 5.41) is 12.1. The monoisotopic (exact) mass is 329 g/mol. The Morgan fingerprint density at radius 3 is 2.87 bits per heavy atom. The summed E-state index contributed by atoms with van der Waals surface area (Å²) in [5.41, 5.74) is 1.08. The van der Waals surface area contributed by atoms with Gasteiger partial charge in [-0.3, -0.25) is 4.79 Å². The van der Waals surface area contributed by atoms with Crippen molar-refractivity contribution in [3.63, 3.8) is 0 Å². The highest BCUT2D eigenvalue weighted by Crippen LogP contribution is 2.37. The first-order valence-corrected chi connectivity index (χ1v) is 7.81. The second-order valence-corrected chi connectivity index (χ2v) is 5.86. The molecular weight excluding hydrogens is 314 g/mol. The summed E-state index contributed by atoms with van der Waals surface area (Å²) in [5.74, 6) is 2.51. The lowest BCUT2D eigenvalue weighted by Gasteiger charge is -2.09. The van der Waals surface area contributed by atoms with E-state index in [2.05, 4.69) is 21.5 Å². The lowest BCUT2D eigenvalue weighted by atomic mass is 10.0. The van der Waals surface area contributed by atoms with Crippen LogP contribution in [0.4, 0.5) is 0 Å². The number of terminal acetylenes is 1. The largest absolute Gasteiger partial charge is 0.444 e. The van der Waals surface area contributed by atoms with E-state index in [0.29, 0.717) is 43.0 Å². The Labute approximate surface area is 139 Å². The molecule has 23 heavy (non-hydrogen) atoms. The quantitative estimate of drug-likeness (QED) is 0.778. The van der Waals surface area contributed by atoms with E-state index in [1.54, 1.807) is 0 Å². The number of carbonyl (C=O) groups is 1. The molecule has 0 radical (unpaired) electrons. The van der Waals surface area contributed by atoms with Gasteiger partial charge in [0.05, 0.1) is 0 Å². The van der Waals surface area contributed by atoms with Crippen LogP contribution < -0.4 is 5.32 Å². The summed E-state index contributed by atoms with van der Waals surface area (Å²) in [6.45, 7) is 0.334. The summed E-state index contributed by atoms with van der Waals surface area (Å²) in [4.78, 5) is 12.0. The van der Waals surface area contributed by atoms with Crippen molar-refractivity contribution in [3.8, 4) is 12.3 Å². The van der Waals surface area contributed by atoms with Crippen LogP contribution in [0.25, 0.3) is 11.0 Å². The van der Waals surface area contributed by atoms with Gasteiger partial charge in [0.1, 0.15) is 5.58 Å². The Bertz CT molecular complexity index is 798. The predicted molar refractivity (Wildman–Crippen MR) is 88.0 cm³/mol. The Hall–Kier alpha value is -2.32. The second-order valence-electron chi connectivity index (χ2n) is 5.51. The first-order chi connectivity index (χ1) is 11.1. The number of fused-ring (bicyclic) bond motifs is 1. The molecular formula is C17H16ClN3O2. The number of halogens is 1. The fraction of sp³-hybridized carbons (Fsp3) is 0.353. The maximum absolute atomic E-state index is 12.0. The molecule has 0 atom stereocenters. The molecule has 0 spiro atoms. The summed E-state index contributed by atoms with van der Waals surface area (Å²) < 4.78 is 5.47. The first kappa shape index (κ1) is 15.6. The Morgan fingerprint density at radius 1 is 1.35 bits per heavy atom. The smallest absolute Gasteiger partial charge is 0.220 e. The molecule has 0 fully saturated rings. The van der Waals surface area contributed by atoms with Crippen molar-refractivity contribution >= 4 is 28.5 Å². The zero-order valence-electron chi connectivity index (χ0n) is 12.5. The van der Waals surface area contributed by atoms with E-state index >= 15 is 0 Å². The average Bonchev–Trinajstić information content (AvgIpc) is 3.26. The molecule has 0 saturated carbocycles. The zero-order valence-corrected chi connectivity index (χ0v) is 13.3. The zero-order chi connectivity index (χ0) is 16.3. The second kappa shape index (κ2) is 6.43. The van der Waals surface area contributed by atoms with Crippen LogP contribution in [0.15, 0.2) is 38.9 Å². The molecule has 2 heterocycles. The highest BCUT2D eigenvalue weighted by atomic mass is 35.5. The van der Waals surface area contributed by atoms with Crippen LogP contribution in [0.3, 0.4) is 0 Å². The summed E-state index contributed by atoms with van der Waals surface area (Å²) in [6, 6.07) is 7.55. The van der Waals surface area contributed by atoms with Crippen molar-refractivity contribution in [2.24, 2.45) is 10.2 Å². The van der Waals surface area contributed by atoms with Gasteiger partial charge in [0, 0.05) is 43.2 Å². The lowest BCUT2D eigenvalue weighted by Crippen LogP contribution is -2.24. The van der Waals surface area contributed by atoms with Crippen molar-refractivity contribution < 1.29 is 9.21 Å². The third-order valence-corrected chi connectivity index (χ3v) is 4.22. The van der Waals surface area contributed by atoms with Gasteiger partial charge in [0.15, 0.2) is 10.9 Å². The van der Waals surface area contributed by atoms with Crippen LogP contribution in [0, 0.1) is 12.3 Å². The lowest BCUT2D eigenvalue weighted by molar-refractivity contribution is -0.121. The van der Waals surface area contributed by atoms with Crippen LogP contribution in [0.1, 0.15) is 31.2 Å². The standard InChI is InChI=1S/C17H16ClN3O2/c1-2-3-9-17(20-21-17)10-8-15(22)19-11-13-12-6-4-5-7-14(12)23-16(13)18/h1,4-7H,3,8-11H2,(H,19,22). The molecule has 0 saturated heterocycles. The first-order valence-electron chi connectivity index (χ1n) is 7.44. The van der Waals surface area contributed by atoms with Gasteiger partial charge in [-0.15, -0.1) is 12.3 Å². The van der Waals surface area contributed by atoms with Crippen molar-refractivity contribution in [1.82, 2.24) is 5.32 Å². The van der Waals surface area contributed by atoms with Gasteiger partial charge in [0.25, 0.3) is 0 Å². The van der Waals surface area contributed by atoms with Crippen molar-refractivity contribution in [3.05, 3.63) is 35.0 Å². The molecule has 2 aromatic rings. The van der Waals surface area contributed by atoms with E-state index in [4.69, 9.17) is 22.4 Å². The highest BCUT2D eigenvalue weighted by Gasteiger charge is 2.39. The summed E-state index contributed by atoms with van der Waals surface area (Å²) in [6.07, 6.45) is 7.50. The molecule has 1 N–H and O–H groups in total. The Balaban J connectivity index is 1.53. The molecule has 0 bridgehead atoms. The number of rotatable bonds is 7. The Morgan fingerprint density at radius 2 is 2.13 bits per heavy atom. The van der Waals surface area contributed by atoms with Crippen molar-refractivity contribution in [1.29, 1.82) is 0 Å². The number of furan rings is 1.